The predicted molar refractivity (Wildman–Crippen MR) is 57.4 cm³/mol. The summed E-state index contributed by atoms with van der Waals surface area (Å²) in [7, 11) is 3.18. The summed E-state index contributed by atoms with van der Waals surface area (Å²) in [5, 5.41) is 1.01. The van der Waals surface area contributed by atoms with Crippen LogP contribution in [-0.4, -0.2) is 24.2 Å². The van der Waals surface area contributed by atoms with Gasteiger partial charge < -0.3 is 9.47 Å². The molecule has 0 atom stereocenters. The number of aromatic nitrogens is 2. The van der Waals surface area contributed by atoms with Crippen LogP contribution in [0.3, 0.4) is 0 Å². The monoisotopic (exact) mass is 204 g/mol. The fourth-order valence-corrected chi connectivity index (χ4v) is 1.44. The quantitative estimate of drug-likeness (QED) is 0.750. The lowest BCUT2D eigenvalue weighted by molar-refractivity contribution is 0.394. The van der Waals surface area contributed by atoms with Gasteiger partial charge in [-0.05, 0) is 18.6 Å². The zero-order chi connectivity index (χ0) is 10.8. The van der Waals surface area contributed by atoms with Crippen LogP contribution < -0.4 is 9.47 Å². The molecule has 2 aromatic rings. The first-order valence-electron chi connectivity index (χ1n) is 4.61. The van der Waals surface area contributed by atoms with Crippen molar-refractivity contribution in [1.29, 1.82) is 0 Å². The summed E-state index contributed by atoms with van der Waals surface area (Å²) < 4.78 is 10.1. The van der Waals surface area contributed by atoms with Crippen molar-refractivity contribution in [2.75, 3.05) is 14.2 Å². The lowest BCUT2D eigenvalue weighted by Crippen LogP contribution is -1.94. The minimum absolute atomic E-state index is 0.558. The van der Waals surface area contributed by atoms with Gasteiger partial charge in [-0.25, -0.2) is 0 Å². The zero-order valence-electron chi connectivity index (χ0n) is 8.94. The molecule has 0 bridgehead atoms. The third-order valence-corrected chi connectivity index (χ3v) is 2.25. The Morgan fingerprint density at radius 1 is 1.00 bits per heavy atom. The molecular formula is C11H12N2O2. The van der Waals surface area contributed by atoms with Crippen LogP contribution >= 0.6 is 0 Å². The van der Waals surface area contributed by atoms with E-state index in [-0.39, 0.29) is 0 Å². The molecule has 0 fully saturated rings. The molecule has 0 amide bonds. The summed E-state index contributed by atoms with van der Waals surface area (Å²) in [6.45, 7) is 2.00. The maximum atomic E-state index is 5.08. The number of aryl methyl sites for hydroxylation is 1. The summed E-state index contributed by atoms with van der Waals surface area (Å²) in [5.74, 6) is 1.13. The molecule has 2 aromatic heterocycles. The van der Waals surface area contributed by atoms with Gasteiger partial charge in [-0.1, -0.05) is 0 Å². The second kappa shape index (κ2) is 3.73. The highest BCUT2D eigenvalue weighted by atomic mass is 16.5. The molecule has 2 heterocycles. The van der Waals surface area contributed by atoms with Gasteiger partial charge in [0.1, 0.15) is 0 Å². The fourth-order valence-electron chi connectivity index (χ4n) is 1.44. The van der Waals surface area contributed by atoms with Crippen LogP contribution in [0.5, 0.6) is 11.8 Å². The lowest BCUT2D eigenvalue weighted by atomic mass is 10.2. The van der Waals surface area contributed by atoms with Crippen LogP contribution in [0.1, 0.15) is 5.56 Å². The van der Waals surface area contributed by atoms with Crippen LogP contribution in [0.2, 0.25) is 0 Å². The van der Waals surface area contributed by atoms with Gasteiger partial charge in [0.15, 0.2) is 5.65 Å². The van der Waals surface area contributed by atoms with Crippen LogP contribution in [-0.2, 0) is 0 Å². The van der Waals surface area contributed by atoms with E-state index in [1.165, 1.54) is 0 Å². The third-order valence-electron chi connectivity index (χ3n) is 2.25. The normalized spacial score (nSPS) is 10.3. The van der Waals surface area contributed by atoms with Crippen LogP contribution in [0.25, 0.3) is 11.0 Å². The highest BCUT2D eigenvalue weighted by Gasteiger charge is 2.05. The van der Waals surface area contributed by atoms with E-state index in [9.17, 15) is 0 Å². The zero-order valence-corrected chi connectivity index (χ0v) is 8.94. The van der Waals surface area contributed by atoms with Gasteiger partial charge in [0, 0.05) is 17.5 Å². The first kappa shape index (κ1) is 9.71. The Morgan fingerprint density at radius 2 is 1.67 bits per heavy atom. The number of pyridine rings is 2. The Hall–Kier alpha value is -1.84. The molecule has 15 heavy (non-hydrogen) atoms. The molecule has 0 spiro atoms. The maximum absolute atomic E-state index is 5.08. The molecule has 4 nitrogen and oxygen atoms in total. The Labute approximate surface area is 87.9 Å². The first-order chi connectivity index (χ1) is 7.24. The Kier molecular flexibility index (Phi) is 2.41. The van der Waals surface area contributed by atoms with Crippen LogP contribution in [0, 0.1) is 6.92 Å². The van der Waals surface area contributed by atoms with Crippen molar-refractivity contribution in [2.24, 2.45) is 0 Å². The number of rotatable bonds is 2. The second-order valence-corrected chi connectivity index (χ2v) is 3.21. The van der Waals surface area contributed by atoms with Crippen LogP contribution in [0.4, 0.5) is 0 Å². The third kappa shape index (κ3) is 1.70. The number of methoxy groups -OCH3 is 2. The van der Waals surface area contributed by atoms with Gasteiger partial charge in [0.25, 0.3) is 0 Å². The SMILES string of the molecule is COc1ccc2c(C)cc(OC)nc2n1. The number of hydrogen-bond acceptors (Lipinski definition) is 4. The van der Waals surface area contributed by atoms with Crippen molar-refractivity contribution in [3.63, 3.8) is 0 Å². The number of nitrogens with zero attached hydrogens (tertiary/aromatic N) is 2. The number of ether oxygens (including phenoxy) is 2. The van der Waals surface area contributed by atoms with Gasteiger partial charge in [-0.3, -0.25) is 0 Å². The Morgan fingerprint density at radius 3 is 2.33 bits per heavy atom. The molecule has 0 saturated carbocycles. The lowest BCUT2D eigenvalue weighted by Gasteiger charge is -2.05. The molecule has 2 rings (SSSR count). The van der Waals surface area contributed by atoms with E-state index >= 15 is 0 Å². The molecule has 0 N–H and O–H groups in total. The molecule has 0 aliphatic rings. The fraction of sp³-hybridized carbons (Fsp3) is 0.273. The highest BCUT2D eigenvalue weighted by molar-refractivity contribution is 5.79. The van der Waals surface area contributed by atoms with E-state index in [4.69, 9.17) is 9.47 Å². The van der Waals surface area contributed by atoms with E-state index in [1.807, 2.05) is 25.1 Å². The first-order valence-corrected chi connectivity index (χ1v) is 4.61. The second-order valence-electron chi connectivity index (χ2n) is 3.21. The Bertz CT molecular complexity index is 492. The summed E-state index contributed by atoms with van der Waals surface area (Å²) in [4.78, 5) is 8.50. The molecule has 0 unspecified atom stereocenters. The maximum Gasteiger partial charge on any atom is 0.215 e. The van der Waals surface area contributed by atoms with Gasteiger partial charge in [-0.2, -0.15) is 9.97 Å². The molecule has 0 aromatic carbocycles. The molecule has 0 saturated heterocycles. The van der Waals surface area contributed by atoms with Gasteiger partial charge in [-0.15, -0.1) is 0 Å². The molecule has 0 aliphatic heterocycles. The number of hydrogen-bond donors (Lipinski definition) is 0. The topological polar surface area (TPSA) is 44.2 Å². The summed E-state index contributed by atoms with van der Waals surface area (Å²) in [5.41, 5.74) is 1.73. The van der Waals surface area contributed by atoms with Crippen molar-refractivity contribution in [3.8, 4) is 11.8 Å². The summed E-state index contributed by atoms with van der Waals surface area (Å²) >= 11 is 0. The van der Waals surface area contributed by atoms with Crippen LogP contribution in [0.15, 0.2) is 18.2 Å². The summed E-state index contributed by atoms with van der Waals surface area (Å²) in [6.07, 6.45) is 0. The van der Waals surface area contributed by atoms with Crippen molar-refractivity contribution in [1.82, 2.24) is 9.97 Å². The van der Waals surface area contributed by atoms with Crippen molar-refractivity contribution >= 4 is 11.0 Å². The van der Waals surface area contributed by atoms with Crippen molar-refractivity contribution < 1.29 is 9.47 Å². The van der Waals surface area contributed by atoms with E-state index in [1.54, 1.807) is 14.2 Å². The minimum Gasteiger partial charge on any atom is -0.481 e. The summed E-state index contributed by atoms with van der Waals surface area (Å²) in [6, 6.07) is 5.66. The molecule has 78 valence electrons. The van der Waals surface area contributed by atoms with Gasteiger partial charge in [0.2, 0.25) is 11.8 Å². The minimum atomic E-state index is 0.558. The van der Waals surface area contributed by atoms with E-state index in [0.717, 1.165) is 10.9 Å². The average Bonchev–Trinajstić information content (AvgIpc) is 2.28. The van der Waals surface area contributed by atoms with Gasteiger partial charge >= 0.3 is 0 Å². The molecule has 4 heteroatoms. The Balaban J connectivity index is 2.69. The number of fused-ring (bicyclic) bond motifs is 1. The molecule has 0 aliphatic carbocycles. The smallest absolute Gasteiger partial charge is 0.215 e. The van der Waals surface area contributed by atoms with E-state index in [2.05, 4.69) is 9.97 Å². The molecular weight excluding hydrogens is 192 g/mol. The van der Waals surface area contributed by atoms with E-state index in [0.29, 0.717) is 17.4 Å². The largest absolute Gasteiger partial charge is 0.481 e. The predicted octanol–water partition coefficient (Wildman–Crippen LogP) is 1.96. The van der Waals surface area contributed by atoms with Gasteiger partial charge in [0.05, 0.1) is 14.2 Å². The molecule has 0 radical (unpaired) electrons. The van der Waals surface area contributed by atoms with E-state index < -0.39 is 0 Å². The highest BCUT2D eigenvalue weighted by Crippen LogP contribution is 2.21. The van der Waals surface area contributed by atoms with Crippen molar-refractivity contribution in [2.45, 2.75) is 6.92 Å². The van der Waals surface area contributed by atoms with Crippen molar-refractivity contribution in [3.05, 3.63) is 23.8 Å². The average molecular weight is 204 g/mol. The standard InChI is InChI=1S/C11H12N2O2/c1-7-6-10(15-3)13-11-8(7)4-5-9(12-11)14-2/h4-6H,1-3H3.